The average molecular weight is 537 g/mol. The molecule has 0 amide bonds. The minimum absolute atomic E-state index is 0.0158. The Morgan fingerprint density at radius 3 is 2.29 bits per heavy atom. The Balaban J connectivity index is 2.09. The van der Waals surface area contributed by atoms with Gasteiger partial charge in [0.15, 0.2) is 0 Å². The number of allylic oxidation sites excluding steroid dienone is 6. The second kappa shape index (κ2) is 13.4. The van der Waals surface area contributed by atoms with E-state index in [0.717, 1.165) is 37.7 Å². The van der Waals surface area contributed by atoms with Gasteiger partial charge < -0.3 is 19.9 Å². The molecule has 3 rings (SSSR count). The van der Waals surface area contributed by atoms with E-state index in [9.17, 15) is 20.1 Å². The number of aromatic hydroxyl groups is 3. The van der Waals surface area contributed by atoms with E-state index in [0.29, 0.717) is 27.7 Å². The molecule has 0 aliphatic rings. The SMILES string of the molecule is CCCn1sc2c(O)cccc2c(=O)n(C/C=C(\C)CC/C=C(\C)CCC=C(C)C)c2cc(O)cc(O)c21. The third-order valence-electron chi connectivity index (χ3n) is 6.44. The summed E-state index contributed by atoms with van der Waals surface area (Å²) in [5.41, 5.74) is 4.44. The molecular weight excluding hydrogens is 496 g/mol. The first-order valence-corrected chi connectivity index (χ1v) is 14.0. The smallest absolute Gasteiger partial charge is 0.260 e. The van der Waals surface area contributed by atoms with Crippen LogP contribution in [0.25, 0.3) is 21.1 Å². The molecule has 6 nitrogen and oxygen atoms in total. The number of nitrogens with zero attached hydrogens (tertiary/aromatic N) is 2. The van der Waals surface area contributed by atoms with Crippen molar-refractivity contribution in [1.29, 1.82) is 0 Å². The number of aromatic nitrogens is 2. The number of rotatable bonds is 10. The van der Waals surface area contributed by atoms with Crippen molar-refractivity contribution < 1.29 is 15.3 Å². The summed E-state index contributed by atoms with van der Waals surface area (Å²) in [6.45, 7) is 11.3. The van der Waals surface area contributed by atoms with E-state index in [1.54, 1.807) is 22.8 Å². The molecule has 3 aromatic rings. The van der Waals surface area contributed by atoms with Crippen LogP contribution in [0.3, 0.4) is 0 Å². The lowest BCUT2D eigenvalue weighted by Gasteiger charge is -2.15. The van der Waals surface area contributed by atoms with Gasteiger partial charge in [0.25, 0.3) is 5.56 Å². The summed E-state index contributed by atoms with van der Waals surface area (Å²) >= 11 is 1.22. The first kappa shape index (κ1) is 29.1. The van der Waals surface area contributed by atoms with Crippen LogP contribution in [-0.2, 0) is 13.1 Å². The van der Waals surface area contributed by atoms with E-state index >= 15 is 0 Å². The fourth-order valence-electron chi connectivity index (χ4n) is 4.38. The lowest BCUT2D eigenvalue weighted by molar-refractivity contribution is 0.452. The molecule has 1 aromatic heterocycles. The topological polar surface area (TPSA) is 87.6 Å². The predicted molar refractivity (Wildman–Crippen MR) is 160 cm³/mol. The molecule has 38 heavy (non-hydrogen) atoms. The summed E-state index contributed by atoms with van der Waals surface area (Å²) in [5, 5.41) is 32.2. The molecule has 3 N–H and O–H groups in total. The van der Waals surface area contributed by atoms with Crippen LogP contribution in [0, 0.1) is 0 Å². The van der Waals surface area contributed by atoms with E-state index in [1.165, 1.54) is 34.8 Å². The van der Waals surface area contributed by atoms with Gasteiger partial charge in [-0.05, 0) is 71.9 Å². The van der Waals surface area contributed by atoms with Crippen LogP contribution < -0.4 is 5.56 Å². The van der Waals surface area contributed by atoms with E-state index in [4.69, 9.17) is 0 Å². The Morgan fingerprint density at radius 1 is 0.921 bits per heavy atom. The van der Waals surface area contributed by atoms with Crippen molar-refractivity contribution in [1.82, 2.24) is 8.52 Å². The van der Waals surface area contributed by atoms with Crippen molar-refractivity contribution in [3.63, 3.8) is 0 Å². The maximum Gasteiger partial charge on any atom is 0.260 e. The highest BCUT2D eigenvalue weighted by Crippen LogP contribution is 2.33. The monoisotopic (exact) mass is 536 g/mol. The Kier molecular flexibility index (Phi) is 10.2. The molecule has 0 saturated carbocycles. The lowest BCUT2D eigenvalue weighted by Crippen LogP contribution is -2.19. The maximum atomic E-state index is 13.8. The first-order valence-electron chi connectivity index (χ1n) is 13.2. The molecule has 0 aliphatic heterocycles. The van der Waals surface area contributed by atoms with Crippen LogP contribution in [-0.4, -0.2) is 23.8 Å². The number of aryl methyl sites for hydroxylation is 1. The fraction of sp³-hybridized carbons (Fsp3) is 0.387. The van der Waals surface area contributed by atoms with Crippen molar-refractivity contribution in [3.8, 4) is 17.2 Å². The molecule has 204 valence electrons. The highest BCUT2D eigenvalue weighted by atomic mass is 32.1. The molecule has 2 aromatic carbocycles. The summed E-state index contributed by atoms with van der Waals surface area (Å²) in [7, 11) is 0. The second-order valence-electron chi connectivity index (χ2n) is 10.1. The third kappa shape index (κ3) is 7.32. The zero-order valence-corrected chi connectivity index (χ0v) is 23.9. The molecule has 0 fully saturated rings. The van der Waals surface area contributed by atoms with Crippen molar-refractivity contribution in [2.75, 3.05) is 0 Å². The van der Waals surface area contributed by atoms with Crippen LogP contribution in [0.15, 0.2) is 70.1 Å². The van der Waals surface area contributed by atoms with Gasteiger partial charge in [-0.2, -0.15) is 0 Å². The summed E-state index contributed by atoms with van der Waals surface area (Å²) in [6, 6.07) is 7.72. The van der Waals surface area contributed by atoms with Crippen LogP contribution >= 0.6 is 11.5 Å². The highest BCUT2D eigenvalue weighted by molar-refractivity contribution is 7.14. The normalized spacial score (nSPS) is 12.2. The Bertz CT molecular complexity index is 1500. The Hall–Kier alpha value is -3.45. The van der Waals surface area contributed by atoms with Gasteiger partial charge in [-0.25, -0.2) is 0 Å². The minimum atomic E-state index is -0.301. The zero-order chi connectivity index (χ0) is 27.8. The lowest BCUT2D eigenvalue weighted by atomic mass is 10.1. The summed E-state index contributed by atoms with van der Waals surface area (Å²) in [4.78, 5) is 13.8. The largest absolute Gasteiger partial charge is 0.508 e. The van der Waals surface area contributed by atoms with Gasteiger partial charge in [-0.1, -0.05) is 59.5 Å². The van der Waals surface area contributed by atoms with Crippen molar-refractivity contribution in [3.05, 3.63) is 75.6 Å². The van der Waals surface area contributed by atoms with Gasteiger partial charge >= 0.3 is 0 Å². The van der Waals surface area contributed by atoms with Crippen LogP contribution in [0.5, 0.6) is 17.2 Å². The van der Waals surface area contributed by atoms with Gasteiger partial charge in [0, 0.05) is 25.2 Å². The number of hydrogen-bond donors (Lipinski definition) is 3. The Morgan fingerprint density at radius 2 is 1.61 bits per heavy atom. The molecule has 1 heterocycles. The molecule has 0 spiro atoms. The molecule has 7 heteroatoms. The van der Waals surface area contributed by atoms with Crippen LogP contribution in [0.1, 0.15) is 66.7 Å². The molecule has 0 atom stereocenters. The number of phenolic OH excluding ortho intramolecular Hbond substituents is 3. The average Bonchev–Trinajstić information content (AvgIpc) is 2.83. The number of phenols is 3. The fourth-order valence-corrected chi connectivity index (χ4v) is 5.57. The van der Waals surface area contributed by atoms with Crippen LogP contribution in [0.2, 0.25) is 0 Å². The standard InChI is InChI=1S/C31H40N2O4S/c1-6-17-33-29-26(19-24(34)20-28(29)36)32(31(37)25-14-9-15-27(35)30(25)38-33)18-16-23(5)13-8-12-22(4)11-7-10-21(2)3/h9-10,12,14-16,19-20,34-36H,6-8,11,13,17-18H2,1-5H3/b22-12+,23-16+. The third-order valence-corrected chi connectivity index (χ3v) is 7.63. The zero-order valence-electron chi connectivity index (χ0n) is 23.1. The van der Waals surface area contributed by atoms with Crippen molar-refractivity contribution in [2.45, 2.75) is 79.8 Å². The van der Waals surface area contributed by atoms with E-state index < -0.39 is 0 Å². The van der Waals surface area contributed by atoms with E-state index in [2.05, 4.69) is 39.8 Å². The van der Waals surface area contributed by atoms with Gasteiger partial charge in [-0.3, -0.25) is 8.75 Å². The number of benzene rings is 2. The second-order valence-corrected chi connectivity index (χ2v) is 11.1. The number of hydrogen-bond acceptors (Lipinski definition) is 5. The Labute approximate surface area is 229 Å². The van der Waals surface area contributed by atoms with Gasteiger partial charge in [-0.15, -0.1) is 0 Å². The molecule has 0 aliphatic carbocycles. The van der Waals surface area contributed by atoms with E-state index in [-0.39, 0.29) is 29.4 Å². The van der Waals surface area contributed by atoms with Gasteiger partial charge in [0.1, 0.15) is 22.8 Å². The summed E-state index contributed by atoms with van der Waals surface area (Å²) in [5.74, 6) is -0.222. The molecule has 0 unspecified atom stereocenters. The first-order chi connectivity index (χ1) is 18.1. The quantitative estimate of drug-likeness (QED) is 0.229. The van der Waals surface area contributed by atoms with Gasteiger partial charge in [0.05, 0.1) is 15.6 Å². The molecular formula is C31H40N2O4S. The molecule has 0 saturated heterocycles. The maximum absolute atomic E-state index is 13.8. The summed E-state index contributed by atoms with van der Waals surface area (Å²) < 4.78 is 3.89. The van der Waals surface area contributed by atoms with Crippen LogP contribution in [0.4, 0.5) is 0 Å². The predicted octanol–water partition coefficient (Wildman–Crippen LogP) is 8.09. The minimum Gasteiger partial charge on any atom is -0.508 e. The van der Waals surface area contributed by atoms with Crippen molar-refractivity contribution >= 4 is 32.7 Å². The highest BCUT2D eigenvalue weighted by Gasteiger charge is 2.14. The van der Waals surface area contributed by atoms with E-state index in [1.807, 2.05) is 17.0 Å². The summed E-state index contributed by atoms with van der Waals surface area (Å²) in [6.07, 6.45) is 11.2. The van der Waals surface area contributed by atoms with Crippen molar-refractivity contribution in [2.24, 2.45) is 0 Å². The molecule has 0 bridgehead atoms. The van der Waals surface area contributed by atoms with Gasteiger partial charge in [0.2, 0.25) is 0 Å². The number of fused-ring (bicyclic) bond motifs is 2. The molecule has 0 radical (unpaired) electrons.